The van der Waals surface area contributed by atoms with E-state index in [4.69, 9.17) is 4.74 Å². The summed E-state index contributed by atoms with van der Waals surface area (Å²) in [6.07, 6.45) is 3.65. The molecule has 3 aromatic heterocycles. The molecule has 1 saturated heterocycles. The minimum absolute atomic E-state index is 0.349. The zero-order valence-corrected chi connectivity index (χ0v) is 15.4. The number of pyridine rings is 2. The van der Waals surface area contributed by atoms with E-state index in [2.05, 4.69) is 19.9 Å². The van der Waals surface area contributed by atoms with Gasteiger partial charge in [-0.1, -0.05) is 0 Å². The Morgan fingerprint density at radius 3 is 2.92 bits per heavy atom. The van der Waals surface area contributed by atoms with Crippen LogP contribution in [0.5, 0.6) is 5.88 Å². The maximum atomic E-state index is 11.9. The van der Waals surface area contributed by atoms with Crippen molar-refractivity contribution in [1.29, 1.82) is 0 Å². The minimum Gasteiger partial charge on any atom is -0.481 e. The molecule has 0 amide bonds. The number of fused-ring (bicyclic) bond motifs is 1. The van der Waals surface area contributed by atoms with Gasteiger partial charge in [-0.15, -0.1) is 0 Å². The fraction of sp³-hybridized carbons (Fsp3) is 0.333. The zero-order chi connectivity index (χ0) is 18.3. The highest BCUT2D eigenvalue weighted by molar-refractivity contribution is 7.84. The van der Waals surface area contributed by atoms with E-state index in [1.807, 2.05) is 24.3 Å². The summed E-state index contributed by atoms with van der Waals surface area (Å²) in [5.41, 5.74) is 2.41. The first kappa shape index (κ1) is 17.0. The molecule has 1 unspecified atom stereocenters. The summed E-state index contributed by atoms with van der Waals surface area (Å²) >= 11 is 0. The number of nitrogens with one attached hydrogen (secondary N) is 1. The van der Waals surface area contributed by atoms with Gasteiger partial charge in [-0.25, -0.2) is 4.98 Å². The van der Waals surface area contributed by atoms with Crippen molar-refractivity contribution in [1.82, 2.24) is 15.0 Å². The minimum atomic E-state index is -1.13. The number of aromatic amines is 1. The Labute approximate surface area is 153 Å². The molecular weight excluding hydrogens is 352 g/mol. The Bertz CT molecular complexity index is 988. The molecule has 4 heterocycles. The third-order valence-electron chi connectivity index (χ3n) is 4.59. The average Bonchev–Trinajstić information content (AvgIpc) is 3.26. The van der Waals surface area contributed by atoms with Crippen molar-refractivity contribution in [3.8, 4) is 17.1 Å². The number of hydrogen-bond donors (Lipinski definition) is 2. The number of rotatable bonds is 4. The molecule has 0 aromatic carbocycles. The van der Waals surface area contributed by atoms with E-state index < -0.39 is 10.8 Å². The third-order valence-corrected chi connectivity index (χ3v) is 5.48. The van der Waals surface area contributed by atoms with Gasteiger partial charge in [0, 0.05) is 42.6 Å². The lowest BCUT2D eigenvalue weighted by Gasteiger charge is -2.20. The second kappa shape index (κ2) is 6.69. The van der Waals surface area contributed by atoms with Crippen LogP contribution in [0.4, 0.5) is 5.82 Å². The lowest BCUT2D eigenvalue weighted by atomic mass is 10.1. The van der Waals surface area contributed by atoms with E-state index >= 15 is 0 Å². The molecule has 8 heteroatoms. The van der Waals surface area contributed by atoms with Crippen LogP contribution >= 0.6 is 0 Å². The number of ether oxygens (including phenoxy) is 1. The number of anilines is 1. The highest BCUT2D eigenvalue weighted by atomic mass is 32.2. The molecule has 0 bridgehead atoms. The van der Waals surface area contributed by atoms with Gasteiger partial charge in [-0.05, 0) is 24.6 Å². The normalized spacial score (nSPS) is 18.4. The number of aromatic nitrogens is 3. The monoisotopic (exact) mass is 372 g/mol. The molecular formula is C18H20N4O3S. The number of aliphatic hydroxyl groups is 1. The number of hydrogen-bond acceptors (Lipinski definition) is 6. The van der Waals surface area contributed by atoms with Crippen LogP contribution in [0.3, 0.4) is 0 Å². The van der Waals surface area contributed by atoms with E-state index in [0.717, 1.165) is 34.7 Å². The Morgan fingerprint density at radius 1 is 1.38 bits per heavy atom. The quantitative estimate of drug-likeness (QED) is 0.727. The molecule has 2 N–H and O–H groups in total. The predicted octanol–water partition coefficient (Wildman–Crippen LogP) is 1.94. The third kappa shape index (κ3) is 3.06. The fourth-order valence-electron chi connectivity index (χ4n) is 3.23. The highest BCUT2D eigenvalue weighted by Gasteiger charge is 2.25. The molecule has 0 aliphatic carbocycles. The van der Waals surface area contributed by atoms with Crippen LogP contribution < -0.4 is 9.64 Å². The fourth-order valence-corrected chi connectivity index (χ4v) is 3.71. The molecule has 3 aromatic rings. The van der Waals surface area contributed by atoms with E-state index in [1.54, 1.807) is 19.6 Å². The number of nitrogens with zero attached hydrogens (tertiary/aromatic N) is 3. The highest BCUT2D eigenvalue weighted by Crippen LogP contribution is 2.34. The van der Waals surface area contributed by atoms with Crippen LogP contribution in [0, 0.1) is 0 Å². The standard InChI is InChI=1S/C18H20N4O3S/c1-25-16-4-3-11-7-15(20-17(11)21-16)14-8-13(26(2)24)9-19-18(14)22-6-5-12(23)10-22/h3-4,7-9,12,23H,5-6,10H2,1-2H3,(H,20,21)/t12?,26-/m1/s1. The van der Waals surface area contributed by atoms with Crippen LogP contribution in [0.25, 0.3) is 22.3 Å². The zero-order valence-electron chi connectivity index (χ0n) is 14.6. The van der Waals surface area contributed by atoms with Crippen molar-refractivity contribution in [2.75, 3.05) is 31.4 Å². The summed E-state index contributed by atoms with van der Waals surface area (Å²) in [5, 5.41) is 10.8. The summed E-state index contributed by atoms with van der Waals surface area (Å²) < 4.78 is 17.1. The van der Waals surface area contributed by atoms with Gasteiger partial charge in [0.25, 0.3) is 0 Å². The van der Waals surface area contributed by atoms with Gasteiger partial charge in [-0.3, -0.25) is 4.21 Å². The van der Waals surface area contributed by atoms with Crippen molar-refractivity contribution < 1.29 is 14.1 Å². The SMILES string of the molecule is COc1ccc2cc(-c3cc([S@@](C)=O)cnc3N3CCC(O)C3)[nH]c2n1. The van der Waals surface area contributed by atoms with Gasteiger partial charge in [0.15, 0.2) is 0 Å². The first-order valence-electron chi connectivity index (χ1n) is 8.36. The molecule has 4 rings (SSSR count). The van der Waals surface area contributed by atoms with Crippen LogP contribution in [0.15, 0.2) is 35.4 Å². The number of methoxy groups -OCH3 is 1. The topological polar surface area (TPSA) is 91.3 Å². The van der Waals surface area contributed by atoms with Gasteiger partial charge >= 0.3 is 0 Å². The van der Waals surface area contributed by atoms with Crippen molar-refractivity contribution in [2.24, 2.45) is 0 Å². The van der Waals surface area contributed by atoms with Gasteiger partial charge in [-0.2, -0.15) is 4.98 Å². The lowest BCUT2D eigenvalue weighted by Crippen LogP contribution is -2.23. The number of aliphatic hydroxyl groups excluding tert-OH is 1. The molecule has 0 radical (unpaired) electrons. The van der Waals surface area contributed by atoms with Gasteiger partial charge in [0.1, 0.15) is 11.5 Å². The van der Waals surface area contributed by atoms with Crippen molar-refractivity contribution in [3.05, 3.63) is 30.5 Å². The van der Waals surface area contributed by atoms with Gasteiger partial charge in [0.2, 0.25) is 5.88 Å². The van der Waals surface area contributed by atoms with E-state index in [-0.39, 0.29) is 6.10 Å². The molecule has 0 spiro atoms. The van der Waals surface area contributed by atoms with Gasteiger partial charge in [0.05, 0.1) is 34.6 Å². The summed E-state index contributed by atoms with van der Waals surface area (Å²) in [6.45, 7) is 1.28. The van der Waals surface area contributed by atoms with Gasteiger partial charge < -0.3 is 19.7 Å². The summed E-state index contributed by atoms with van der Waals surface area (Å²) in [7, 11) is 0.450. The molecule has 1 aliphatic rings. The van der Waals surface area contributed by atoms with Crippen LogP contribution in [0.2, 0.25) is 0 Å². The molecule has 1 fully saturated rings. The van der Waals surface area contributed by atoms with Crippen LogP contribution in [-0.2, 0) is 10.8 Å². The summed E-state index contributed by atoms with van der Waals surface area (Å²) in [4.78, 5) is 15.0. The first-order chi connectivity index (χ1) is 12.5. The Hall–Kier alpha value is -2.45. The molecule has 136 valence electrons. The largest absolute Gasteiger partial charge is 0.481 e. The van der Waals surface area contributed by atoms with E-state index in [0.29, 0.717) is 23.7 Å². The lowest BCUT2D eigenvalue weighted by molar-refractivity contribution is 0.198. The second-order valence-electron chi connectivity index (χ2n) is 6.36. The number of H-pyrrole nitrogens is 1. The summed E-state index contributed by atoms with van der Waals surface area (Å²) in [6, 6.07) is 7.64. The van der Waals surface area contributed by atoms with Crippen molar-refractivity contribution >= 4 is 27.7 Å². The number of β-amino-alcohol motifs (C(OH)–C–C–N with tert-alkyl or cyclic N) is 1. The molecule has 26 heavy (non-hydrogen) atoms. The molecule has 0 saturated carbocycles. The Balaban J connectivity index is 1.85. The van der Waals surface area contributed by atoms with Crippen molar-refractivity contribution in [2.45, 2.75) is 17.4 Å². The maximum absolute atomic E-state index is 11.9. The first-order valence-corrected chi connectivity index (χ1v) is 9.91. The van der Waals surface area contributed by atoms with Crippen molar-refractivity contribution in [3.63, 3.8) is 0 Å². The molecule has 1 aliphatic heterocycles. The summed E-state index contributed by atoms with van der Waals surface area (Å²) in [5.74, 6) is 1.31. The molecule has 2 atom stereocenters. The predicted molar refractivity (Wildman–Crippen MR) is 101 cm³/mol. The Morgan fingerprint density at radius 2 is 2.23 bits per heavy atom. The second-order valence-corrected chi connectivity index (χ2v) is 7.74. The van der Waals surface area contributed by atoms with Crippen LogP contribution in [-0.4, -0.2) is 56.8 Å². The molecule has 7 nitrogen and oxygen atoms in total. The van der Waals surface area contributed by atoms with E-state index in [1.165, 1.54) is 0 Å². The smallest absolute Gasteiger partial charge is 0.214 e. The van der Waals surface area contributed by atoms with E-state index in [9.17, 15) is 9.32 Å². The maximum Gasteiger partial charge on any atom is 0.214 e. The average molecular weight is 372 g/mol. The Kier molecular flexibility index (Phi) is 4.37. The van der Waals surface area contributed by atoms with Crippen LogP contribution in [0.1, 0.15) is 6.42 Å².